The van der Waals surface area contributed by atoms with Crippen molar-refractivity contribution in [2.24, 2.45) is 5.73 Å². The number of nitrogens with zero attached hydrogens (tertiary/aromatic N) is 1. The van der Waals surface area contributed by atoms with Crippen LogP contribution in [0.3, 0.4) is 0 Å². The van der Waals surface area contributed by atoms with Crippen LogP contribution in [0, 0.1) is 0 Å². The number of carbonyl (C=O) groups is 2. The lowest BCUT2D eigenvalue weighted by Crippen LogP contribution is -2.48. The van der Waals surface area contributed by atoms with Gasteiger partial charge in [-0.05, 0) is 32.6 Å². The van der Waals surface area contributed by atoms with Gasteiger partial charge in [-0.1, -0.05) is 6.92 Å². The first-order valence-electron chi connectivity index (χ1n) is 6.26. The van der Waals surface area contributed by atoms with Gasteiger partial charge >= 0.3 is 5.97 Å². The minimum absolute atomic E-state index is 0.0497. The maximum Gasteiger partial charge on any atom is 0.303 e. The van der Waals surface area contributed by atoms with Crippen molar-refractivity contribution in [3.8, 4) is 0 Å². The fourth-order valence-corrected chi connectivity index (χ4v) is 2.46. The monoisotopic (exact) mass is 242 g/mol. The molecule has 1 amide bonds. The SMILES string of the molecule is CCC1CCC(C)N1C(=O)C(N)CCC(=O)O. The second kappa shape index (κ2) is 6.00. The van der Waals surface area contributed by atoms with Gasteiger partial charge < -0.3 is 15.7 Å². The van der Waals surface area contributed by atoms with Gasteiger partial charge in [0.15, 0.2) is 0 Å². The van der Waals surface area contributed by atoms with Crippen molar-refractivity contribution in [2.45, 2.75) is 64.1 Å². The number of nitrogens with two attached hydrogens (primary N) is 1. The average molecular weight is 242 g/mol. The molecule has 1 aliphatic heterocycles. The molecule has 0 bridgehead atoms. The molecule has 0 saturated carbocycles. The predicted molar refractivity (Wildman–Crippen MR) is 64.5 cm³/mol. The summed E-state index contributed by atoms with van der Waals surface area (Å²) < 4.78 is 0. The second-order valence-electron chi connectivity index (χ2n) is 4.77. The van der Waals surface area contributed by atoms with Crippen molar-refractivity contribution in [2.75, 3.05) is 0 Å². The molecule has 0 aliphatic carbocycles. The molecule has 0 aromatic heterocycles. The van der Waals surface area contributed by atoms with Gasteiger partial charge in [0, 0.05) is 18.5 Å². The standard InChI is InChI=1S/C12H22N2O3/c1-3-9-5-4-8(2)14(9)12(17)10(13)6-7-11(15)16/h8-10H,3-7,13H2,1-2H3,(H,15,16). The lowest BCUT2D eigenvalue weighted by molar-refractivity contribution is -0.138. The molecule has 1 rings (SSSR count). The number of carboxylic acid groups (broad SMARTS) is 1. The van der Waals surface area contributed by atoms with Crippen LogP contribution >= 0.6 is 0 Å². The Morgan fingerprint density at radius 1 is 1.47 bits per heavy atom. The molecular weight excluding hydrogens is 220 g/mol. The minimum Gasteiger partial charge on any atom is -0.481 e. The van der Waals surface area contributed by atoms with E-state index in [1.807, 2.05) is 11.8 Å². The lowest BCUT2D eigenvalue weighted by Gasteiger charge is -2.30. The number of rotatable bonds is 5. The summed E-state index contributed by atoms with van der Waals surface area (Å²) in [6, 6.07) is -0.183. The summed E-state index contributed by atoms with van der Waals surface area (Å²) in [7, 11) is 0. The highest BCUT2D eigenvalue weighted by Gasteiger charge is 2.35. The maximum absolute atomic E-state index is 12.1. The van der Waals surface area contributed by atoms with Gasteiger partial charge in [-0.2, -0.15) is 0 Å². The van der Waals surface area contributed by atoms with Crippen LogP contribution < -0.4 is 5.73 Å². The van der Waals surface area contributed by atoms with Crippen LogP contribution in [0.1, 0.15) is 46.0 Å². The molecule has 98 valence electrons. The smallest absolute Gasteiger partial charge is 0.303 e. The summed E-state index contributed by atoms with van der Waals surface area (Å²) in [5, 5.41) is 8.58. The van der Waals surface area contributed by atoms with Gasteiger partial charge in [0.1, 0.15) is 0 Å². The fourth-order valence-electron chi connectivity index (χ4n) is 2.46. The summed E-state index contributed by atoms with van der Waals surface area (Å²) in [5.41, 5.74) is 5.77. The maximum atomic E-state index is 12.1. The zero-order chi connectivity index (χ0) is 13.0. The quantitative estimate of drug-likeness (QED) is 0.752. The molecule has 3 N–H and O–H groups in total. The Hall–Kier alpha value is -1.10. The number of carboxylic acids is 1. The number of hydrogen-bond donors (Lipinski definition) is 2. The Bertz CT molecular complexity index is 293. The molecule has 5 heteroatoms. The first-order valence-corrected chi connectivity index (χ1v) is 6.26. The largest absolute Gasteiger partial charge is 0.481 e. The molecule has 1 fully saturated rings. The Morgan fingerprint density at radius 3 is 2.65 bits per heavy atom. The van der Waals surface area contributed by atoms with E-state index in [0.717, 1.165) is 19.3 Å². The number of hydrogen-bond acceptors (Lipinski definition) is 3. The van der Waals surface area contributed by atoms with E-state index in [1.54, 1.807) is 0 Å². The third-order valence-corrected chi connectivity index (χ3v) is 3.50. The van der Waals surface area contributed by atoms with E-state index < -0.39 is 12.0 Å². The normalized spacial score (nSPS) is 25.9. The van der Waals surface area contributed by atoms with Crippen molar-refractivity contribution >= 4 is 11.9 Å². The van der Waals surface area contributed by atoms with Crippen LogP contribution in [0.5, 0.6) is 0 Å². The zero-order valence-electron chi connectivity index (χ0n) is 10.6. The van der Waals surface area contributed by atoms with Gasteiger partial charge in [0.25, 0.3) is 0 Å². The molecule has 3 atom stereocenters. The van der Waals surface area contributed by atoms with E-state index in [9.17, 15) is 9.59 Å². The summed E-state index contributed by atoms with van der Waals surface area (Å²) >= 11 is 0. The van der Waals surface area contributed by atoms with Crippen molar-refractivity contribution in [1.29, 1.82) is 0 Å². The molecule has 1 aliphatic rings. The zero-order valence-corrected chi connectivity index (χ0v) is 10.6. The van der Waals surface area contributed by atoms with Crippen molar-refractivity contribution in [3.05, 3.63) is 0 Å². The number of amides is 1. The number of aliphatic carboxylic acids is 1. The van der Waals surface area contributed by atoms with E-state index in [0.29, 0.717) is 0 Å². The van der Waals surface area contributed by atoms with Crippen LogP contribution in [0.15, 0.2) is 0 Å². The molecule has 1 heterocycles. The molecule has 5 nitrogen and oxygen atoms in total. The van der Waals surface area contributed by atoms with Crippen molar-refractivity contribution in [1.82, 2.24) is 4.90 Å². The predicted octanol–water partition coefficient (Wildman–Crippen LogP) is 0.968. The van der Waals surface area contributed by atoms with Gasteiger partial charge in [0.2, 0.25) is 5.91 Å². The van der Waals surface area contributed by atoms with Crippen molar-refractivity contribution < 1.29 is 14.7 Å². The first kappa shape index (κ1) is 14.0. The topological polar surface area (TPSA) is 83.6 Å². The first-order chi connectivity index (χ1) is 7.97. The van der Waals surface area contributed by atoms with Crippen LogP contribution in [0.4, 0.5) is 0 Å². The van der Waals surface area contributed by atoms with Crippen LogP contribution in [-0.4, -0.2) is 40.0 Å². The second-order valence-corrected chi connectivity index (χ2v) is 4.77. The Morgan fingerprint density at radius 2 is 2.12 bits per heavy atom. The van der Waals surface area contributed by atoms with Crippen LogP contribution in [0.25, 0.3) is 0 Å². The third-order valence-electron chi connectivity index (χ3n) is 3.50. The molecule has 17 heavy (non-hydrogen) atoms. The van der Waals surface area contributed by atoms with Gasteiger partial charge in [-0.25, -0.2) is 0 Å². The van der Waals surface area contributed by atoms with E-state index in [-0.39, 0.29) is 30.8 Å². The fraction of sp³-hybridized carbons (Fsp3) is 0.833. The molecule has 0 spiro atoms. The third kappa shape index (κ3) is 3.43. The summed E-state index contributed by atoms with van der Waals surface area (Å²) in [4.78, 5) is 24.5. The van der Waals surface area contributed by atoms with E-state index in [2.05, 4.69) is 6.92 Å². The van der Waals surface area contributed by atoms with E-state index in [1.165, 1.54) is 0 Å². The number of likely N-dealkylation sites (tertiary alicyclic amines) is 1. The average Bonchev–Trinajstić information content (AvgIpc) is 2.66. The minimum atomic E-state index is -0.908. The highest BCUT2D eigenvalue weighted by atomic mass is 16.4. The van der Waals surface area contributed by atoms with E-state index >= 15 is 0 Å². The summed E-state index contributed by atoms with van der Waals surface area (Å²) in [6.45, 7) is 4.09. The molecule has 1 saturated heterocycles. The highest BCUT2D eigenvalue weighted by Crippen LogP contribution is 2.26. The molecule has 3 unspecified atom stereocenters. The Kier molecular flexibility index (Phi) is 4.93. The van der Waals surface area contributed by atoms with Crippen LogP contribution in [-0.2, 0) is 9.59 Å². The molecule has 0 aromatic carbocycles. The highest BCUT2D eigenvalue weighted by molar-refractivity contribution is 5.83. The summed E-state index contributed by atoms with van der Waals surface area (Å²) in [5.74, 6) is -1.00. The van der Waals surface area contributed by atoms with Crippen LogP contribution in [0.2, 0.25) is 0 Å². The Balaban J connectivity index is 2.58. The Labute approximate surface area is 102 Å². The van der Waals surface area contributed by atoms with Gasteiger partial charge in [-0.3, -0.25) is 9.59 Å². The lowest BCUT2D eigenvalue weighted by atomic mass is 10.1. The van der Waals surface area contributed by atoms with E-state index in [4.69, 9.17) is 10.8 Å². The molecular formula is C12H22N2O3. The number of carbonyl (C=O) groups excluding carboxylic acids is 1. The summed E-state index contributed by atoms with van der Waals surface area (Å²) in [6.07, 6.45) is 3.13. The molecule has 0 aromatic rings. The molecule has 0 radical (unpaired) electrons. The van der Waals surface area contributed by atoms with Gasteiger partial charge in [-0.15, -0.1) is 0 Å². The van der Waals surface area contributed by atoms with Crippen molar-refractivity contribution in [3.63, 3.8) is 0 Å². The van der Waals surface area contributed by atoms with Gasteiger partial charge in [0.05, 0.1) is 6.04 Å².